The number of nitrogens with two attached hydrogens (primary N) is 1. The predicted molar refractivity (Wildman–Crippen MR) is 110 cm³/mol. The Morgan fingerprint density at radius 1 is 0.935 bits per heavy atom. The second kappa shape index (κ2) is 8.11. The molecule has 4 rings (SSSR count). The lowest BCUT2D eigenvalue weighted by atomic mass is 10.2. The molecule has 0 unspecified atom stereocenters. The van der Waals surface area contributed by atoms with E-state index in [2.05, 4.69) is 15.7 Å². The highest BCUT2D eigenvalue weighted by Gasteiger charge is 2.21. The van der Waals surface area contributed by atoms with Gasteiger partial charge in [0.05, 0.1) is 11.9 Å². The van der Waals surface area contributed by atoms with Crippen molar-refractivity contribution in [2.75, 3.05) is 10.6 Å². The normalized spacial score (nSPS) is 10.6. The molecule has 4 N–H and O–H groups in total. The third-order valence-corrected chi connectivity index (χ3v) is 4.40. The summed E-state index contributed by atoms with van der Waals surface area (Å²) in [4.78, 5) is 24.0. The molecule has 0 saturated heterocycles. The topological polar surface area (TPSA) is 107 Å². The Morgan fingerprint density at radius 2 is 1.68 bits per heavy atom. The van der Waals surface area contributed by atoms with Crippen molar-refractivity contribution in [3.05, 3.63) is 90.4 Å². The lowest BCUT2D eigenvalue weighted by Gasteiger charge is -2.12. The number of carbonyl (C=O) groups is 2. The largest absolute Gasteiger partial charge is 0.351 e. The van der Waals surface area contributed by atoms with E-state index >= 15 is 0 Å². The fraction of sp³-hybridized carbons (Fsp3) is 0. The number of para-hydroxylation sites is 1. The van der Waals surface area contributed by atoms with Crippen LogP contribution in [0.25, 0.3) is 11.5 Å². The standard InChI is InChI=1S/C21H16F2N6O2/c22-15-8-7-13(11-17(15)27-21(24)31)26-19(30)14-12-25-29(18-6-2-1-5-16(18)23)20(14)28-9-3-4-10-28/h1-12H,(H,26,30)(H3,24,27,31). The minimum absolute atomic E-state index is 0.146. The smallest absolute Gasteiger partial charge is 0.316 e. The second-order valence-corrected chi connectivity index (χ2v) is 6.47. The number of aromatic nitrogens is 3. The quantitative estimate of drug-likeness (QED) is 0.457. The van der Waals surface area contributed by atoms with Crippen molar-refractivity contribution in [1.82, 2.24) is 14.3 Å². The van der Waals surface area contributed by atoms with Gasteiger partial charge >= 0.3 is 6.03 Å². The van der Waals surface area contributed by atoms with Crippen LogP contribution in [0.3, 0.4) is 0 Å². The van der Waals surface area contributed by atoms with Crippen molar-refractivity contribution in [2.24, 2.45) is 5.73 Å². The molecule has 4 aromatic rings. The van der Waals surface area contributed by atoms with Crippen LogP contribution in [0.5, 0.6) is 0 Å². The average Bonchev–Trinajstić information content (AvgIpc) is 3.40. The number of anilines is 2. The first-order valence-corrected chi connectivity index (χ1v) is 9.07. The van der Waals surface area contributed by atoms with Gasteiger partial charge in [0.1, 0.15) is 22.9 Å². The number of primary amides is 1. The first kappa shape index (κ1) is 19.8. The molecule has 0 radical (unpaired) electrons. The van der Waals surface area contributed by atoms with E-state index in [0.717, 1.165) is 6.07 Å². The Kier molecular flexibility index (Phi) is 5.19. The number of hydrogen-bond acceptors (Lipinski definition) is 3. The van der Waals surface area contributed by atoms with Gasteiger partial charge in [-0.1, -0.05) is 12.1 Å². The molecule has 0 atom stereocenters. The minimum Gasteiger partial charge on any atom is -0.351 e. The van der Waals surface area contributed by atoms with Crippen molar-refractivity contribution in [2.45, 2.75) is 0 Å². The van der Waals surface area contributed by atoms with E-state index in [0.29, 0.717) is 5.82 Å². The maximum Gasteiger partial charge on any atom is 0.316 e. The van der Waals surface area contributed by atoms with Gasteiger partial charge in [-0.2, -0.15) is 5.10 Å². The van der Waals surface area contributed by atoms with Gasteiger partial charge in [0.25, 0.3) is 5.91 Å². The number of rotatable bonds is 5. The zero-order chi connectivity index (χ0) is 22.0. The molecule has 10 heteroatoms. The number of amides is 3. The molecule has 0 aliphatic carbocycles. The molecule has 2 heterocycles. The number of carbonyl (C=O) groups excluding carboxylic acids is 2. The number of urea groups is 1. The van der Waals surface area contributed by atoms with Gasteiger partial charge in [-0.05, 0) is 42.5 Å². The fourth-order valence-corrected chi connectivity index (χ4v) is 3.06. The van der Waals surface area contributed by atoms with E-state index in [-0.39, 0.29) is 22.6 Å². The summed E-state index contributed by atoms with van der Waals surface area (Å²) in [6.45, 7) is 0. The molecule has 31 heavy (non-hydrogen) atoms. The second-order valence-electron chi connectivity index (χ2n) is 6.47. The predicted octanol–water partition coefficient (Wildman–Crippen LogP) is 3.68. The summed E-state index contributed by atoms with van der Waals surface area (Å²) in [5, 5.41) is 8.96. The van der Waals surface area contributed by atoms with Gasteiger partial charge in [-0.3, -0.25) is 4.79 Å². The molecule has 0 fully saturated rings. The molecule has 156 valence electrons. The molecule has 0 aliphatic rings. The Bertz CT molecular complexity index is 1270. The third kappa shape index (κ3) is 3.99. The van der Waals surface area contributed by atoms with Gasteiger partial charge in [0, 0.05) is 18.1 Å². The molecule has 0 bridgehead atoms. The molecular weight excluding hydrogens is 406 g/mol. The van der Waals surface area contributed by atoms with Crippen molar-refractivity contribution < 1.29 is 18.4 Å². The summed E-state index contributed by atoms with van der Waals surface area (Å²) in [5.74, 6) is -1.48. The third-order valence-electron chi connectivity index (χ3n) is 4.40. The zero-order valence-corrected chi connectivity index (χ0v) is 15.9. The van der Waals surface area contributed by atoms with Crippen molar-refractivity contribution in [3.8, 4) is 11.5 Å². The Morgan fingerprint density at radius 3 is 2.39 bits per heavy atom. The van der Waals surface area contributed by atoms with E-state index in [1.165, 1.54) is 29.1 Å². The maximum absolute atomic E-state index is 14.4. The number of nitrogens with zero attached hydrogens (tertiary/aromatic N) is 3. The van der Waals surface area contributed by atoms with Crippen LogP contribution < -0.4 is 16.4 Å². The van der Waals surface area contributed by atoms with E-state index in [1.807, 2.05) is 0 Å². The van der Waals surface area contributed by atoms with Crippen molar-refractivity contribution >= 4 is 23.3 Å². The highest BCUT2D eigenvalue weighted by molar-refractivity contribution is 6.06. The van der Waals surface area contributed by atoms with Crippen LogP contribution >= 0.6 is 0 Å². The number of halogens is 2. The van der Waals surface area contributed by atoms with Crippen molar-refractivity contribution in [1.29, 1.82) is 0 Å². The summed E-state index contributed by atoms with van der Waals surface area (Å²) in [6.07, 6.45) is 4.69. The molecule has 0 saturated carbocycles. The molecule has 8 nitrogen and oxygen atoms in total. The summed E-state index contributed by atoms with van der Waals surface area (Å²) >= 11 is 0. The number of benzene rings is 2. The Balaban J connectivity index is 1.73. The summed E-state index contributed by atoms with van der Waals surface area (Å²) in [6, 6.07) is 12.2. The van der Waals surface area contributed by atoms with Gasteiger partial charge in [-0.25, -0.2) is 18.3 Å². The molecule has 0 aliphatic heterocycles. The van der Waals surface area contributed by atoms with E-state index in [4.69, 9.17) is 5.73 Å². The lowest BCUT2D eigenvalue weighted by Crippen LogP contribution is -2.20. The van der Waals surface area contributed by atoms with Crippen LogP contribution in [0.15, 0.2) is 73.2 Å². The molecule has 3 amide bonds. The first-order chi connectivity index (χ1) is 14.9. The SMILES string of the molecule is NC(=O)Nc1cc(NC(=O)c2cnn(-c3ccccc3F)c2-n2cccc2)ccc1F. The summed E-state index contributed by atoms with van der Waals surface area (Å²) < 4.78 is 31.2. The van der Waals surface area contributed by atoms with Gasteiger partial charge in [0.15, 0.2) is 5.82 Å². The van der Waals surface area contributed by atoms with Crippen LogP contribution in [-0.4, -0.2) is 26.3 Å². The van der Waals surface area contributed by atoms with E-state index in [1.54, 1.807) is 47.3 Å². The molecular formula is C21H16F2N6O2. The van der Waals surface area contributed by atoms with Crippen LogP contribution in [0.2, 0.25) is 0 Å². The average molecular weight is 422 g/mol. The highest BCUT2D eigenvalue weighted by atomic mass is 19.1. The number of nitrogens with one attached hydrogen (secondary N) is 2. The fourth-order valence-electron chi connectivity index (χ4n) is 3.06. The molecule has 0 spiro atoms. The first-order valence-electron chi connectivity index (χ1n) is 9.07. The lowest BCUT2D eigenvalue weighted by molar-refractivity contribution is 0.102. The van der Waals surface area contributed by atoms with Crippen LogP contribution in [0.4, 0.5) is 25.0 Å². The Labute approximate surface area is 174 Å². The van der Waals surface area contributed by atoms with Crippen LogP contribution in [0, 0.1) is 11.6 Å². The Hall–Kier alpha value is -4.47. The molecule has 2 aromatic heterocycles. The van der Waals surface area contributed by atoms with Gasteiger partial charge < -0.3 is 20.9 Å². The zero-order valence-electron chi connectivity index (χ0n) is 15.9. The summed E-state index contributed by atoms with van der Waals surface area (Å²) in [7, 11) is 0. The highest BCUT2D eigenvalue weighted by Crippen LogP contribution is 2.24. The minimum atomic E-state index is -0.941. The van der Waals surface area contributed by atoms with Gasteiger partial charge in [-0.15, -0.1) is 0 Å². The molecule has 2 aromatic carbocycles. The van der Waals surface area contributed by atoms with Crippen LogP contribution in [0.1, 0.15) is 10.4 Å². The monoisotopic (exact) mass is 422 g/mol. The number of hydrogen-bond donors (Lipinski definition) is 3. The van der Waals surface area contributed by atoms with Gasteiger partial charge in [0.2, 0.25) is 0 Å². The van der Waals surface area contributed by atoms with Crippen LogP contribution in [-0.2, 0) is 0 Å². The van der Waals surface area contributed by atoms with E-state index < -0.39 is 23.6 Å². The summed E-state index contributed by atoms with van der Waals surface area (Å²) in [5.41, 5.74) is 5.38. The van der Waals surface area contributed by atoms with Crippen molar-refractivity contribution in [3.63, 3.8) is 0 Å². The van der Waals surface area contributed by atoms with E-state index in [9.17, 15) is 18.4 Å². The maximum atomic E-state index is 14.4.